The number of carbonyl (C=O) groups excluding carboxylic acids is 1. The van der Waals surface area contributed by atoms with Crippen molar-refractivity contribution < 1.29 is 18.3 Å². The van der Waals surface area contributed by atoms with Gasteiger partial charge in [0.1, 0.15) is 23.2 Å². The van der Waals surface area contributed by atoms with Crippen LogP contribution in [0.2, 0.25) is 5.02 Å². The lowest BCUT2D eigenvalue weighted by atomic mass is 10.1. The molecule has 0 atom stereocenters. The minimum Gasteiger partial charge on any atom is -0.422 e. The first-order chi connectivity index (χ1) is 17.5. The van der Waals surface area contributed by atoms with E-state index in [1.165, 1.54) is 48.5 Å². The zero-order valence-corrected chi connectivity index (χ0v) is 19.6. The SMILES string of the molecule is O=C(O/C(=C\c1nc2ccccc2n1Cc1ccccc1Cl)c1ccc(F)cc1)c1ccc(F)cc1. The van der Waals surface area contributed by atoms with Gasteiger partial charge in [-0.05, 0) is 72.3 Å². The van der Waals surface area contributed by atoms with E-state index in [9.17, 15) is 13.6 Å². The average Bonchev–Trinajstić information content (AvgIpc) is 3.22. The van der Waals surface area contributed by atoms with Gasteiger partial charge in [-0.25, -0.2) is 18.6 Å². The third kappa shape index (κ3) is 5.04. The maximum atomic E-state index is 13.6. The molecule has 7 heteroatoms. The third-order valence-corrected chi connectivity index (χ3v) is 6.01. The van der Waals surface area contributed by atoms with Gasteiger partial charge in [-0.2, -0.15) is 0 Å². The van der Waals surface area contributed by atoms with E-state index >= 15 is 0 Å². The fourth-order valence-electron chi connectivity index (χ4n) is 3.82. The summed E-state index contributed by atoms with van der Waals surface area (Å²) in [4.78, 5) is 17.6. The molecule has 0 radical (unpaired) electrons. The second-order valence-corrected chi connectivity index (χ2v) is 8.46. The van der Waals surface area contributed by atoms with Gasteiger partial charge in [0.05, 0.1) is 23.1 Å². The van der Waals surface area contributed by atoms with Gasteiger partial charge in [0.25, 0.3) is 0 Å². The van der Waals surface area contributed by atoms with Crippen molar-refractivity contribution in [1.29, 1.82) is 0 Å². The van der Waals surface area contributed by atoms with Gasteiger partial charge in [0, 0.05) is 16.7 Å². The van der Waals surface area contributed by atoms with Gasteiger partial charge in [0.15, 0.2) is 0 Å². The summed E-state index contributed by atoms with van der Waals surface area (Å²) in [6.45, 7) is 0.425. The summed E-state index contributed by atoms with van der Waals surface area (Å²) in [7, 11) is 0. The lowest BCUT2D eigenvalue weighted by Crippen LogP contribution is -2.07. The molecule has 0 fully saturated rings. The highest BCUT2D eigenvalue weighted by Gasteiger charge is 2.17. The van der Waals surface area contributed by atoms with E-state index in [4.69, 9.17) is 21.3 Å². The summed E-state index contributed by atoms with van der Waals surface area (Å²) in [6.07, 6.45) is 1.63. The van der Waals surface area contributed by atoms with Crippen molar-refractivity contribution >= 4 is 40.4 Å². The van der Waals surface area contributed by atoms with E-state index in [0.717, 1.165) is 16.6 Å². The summed E-state index contributed by atoms with van der Waals surface area (Å²) in [5, 5.41) is 0.617. The molecule has 0 spiro atoms. The van der Waals surface area contributed by atoms with Crippen LogP contribution < -0.4 is 0 Å². The van der Waals surface area contributed by atoms with Crippen LogP contribution in [0.25, 0.3) is 22.9 Å². The molecule has 1 aromatic heterocycles. The van der Waals surface area contributed by atoms with Gasteiger partial charge in [-0.3, -0.25) is 0 Å². The fourth-order valence-corrected chi connectivity index (χ4v) is 4.01. The van der Waals surface area contributed by atoms with Crippen LogP contribution in [0.3, 0.4) is 0 Å². The van der Waals surface area contributed by atoms with Crippen LogP contribution in [0.1, 0.15) is 27.3 Å². The molecule has 0 amide bonds. The molecule has 36 heavy (non-hydrogen) atoms. The number of para-hydroxylation sites is 2. The number of benzene rings is 4. The van der Waals surface area contributed by atoms with Crippen LogP contribution in [0, 0.1) is 11.6 Å². The smallest absolute Gasteiger partial charge is 0.343 e. The number of halogens is 3. The van der Waals surface area contributed by atoms with Crippen LogP contribution in [-0.4, -0.2) is 15.5 Å². The number of nitrogens with zero attached hydrogens (tertiary/aromatic N) is 2. The lowest BCUT2D eigenvalue weighted by molar-refractivity contribution is 0.0693. The van der Waals surface area contributed by atoms with Gasteiger partial charge in [0.2, 0.25) is 0 Å². The quantitative estimate of drug-likeness (QED) is 0.180. The zero-order chi connectivity index (χ0) is 25.1. The van der Waals surface area contributed by atoms with Crippen LogP contribution >= 0.6 is 11.6 Å². The molecule has 0 saturated carbocycles. The molecule has 1 heterocycles. The lowest BCUT2D eigenvalue weighted by Gasteiger charge is -2.12. The highest BCUT2D eigenvalue weighted by Crippen LogP contribution is 2.26. The van der Waals surface area contributed by atoms with Crippen LogP contribution in [0.15, 0.2) is 97.1 Å². The largest absolute Gasteiger partial charge is 0.422 e. The number of aromatic nitrogens is 2. The Morgan fingerprint density at radius 3 is 2.14 bits per heavy atom. The average molecular weight is 501 g/mol. The fraction of sp³-hybridized carbons (Fsp3) is 0.0345. The van der Waals surface area contributed by atoms with Crippen molar-refractivity contribution in [3.8, 4) is 0 Å². The minimum absolute atomic E-state index is 0.167. The predicted molar refractivity (Wildman–Crippen MR) is 136 cm³/mol. The first kappa shape index (κ1) is 23.5. The number of hydrogen-bond donors (Lipinski definition) is 0. The standard InChI is InChI=1S/C29H19ClF2N2O2/c30-24-6-2-1-5-21(24)18-34-26-8-4-3-7-25(26)33-28(34)17-27(19-9-13-22(31)14-10-19)36-29(35)20-11-15-23(32)16-12-20/h1-17H,18H2/b27-17-. The second-order valence-electron chi connectivity index (χ2n) is 8.05. The summed E-state index contributed by atoms with van der Waals surface area (Å²) >= 11 is 6.43. The first-order valence-corrected chi connectivity index (χ1v) is 11.5. The molecular formula is C29H19ClF2N2O2. The van der Waals surface area contributed by atoms with E-state index in [0.29, 0.717) is 23.0 Å². The van der Waals surface area contributed by atoms with Gasteiger partial charge in [-0.15, -0.1) is 0 Å². The number of ether oxygens (including phenoxy) is 1. The molecule has 0 N–H and O–H groups in total. The summed E-state index contributed by atoms with van der Waals surface area (Å²) in [5.41, 5.74) is 3.16. The number of imidazole rings is 1. The highest BCUT2D eigenvalue weighted by molar-refractivity contribution is 6.31. The molecular weight excluding hydrogens is 482 g/mol. The number of hydrogen-bond acceptors (Lipinski definition) is 3. The molecule has 0 aliphatic rings. The summed E-state index contributed by atoms with van der Waals surface area (Å²) in [5.74, 6) is -0.884. The van der Waals surface area contributed by atoms with Crippen LogP contribution in [0.5, 0.6) is 0 Å². The van der Waals surface area contributed by atoms with Gasteiger partial charge >= 0.3 is 5.97 Å². The van der Waals surface area contributed by atoms with Crippen molar-refractivity contribution in [3.05, 3.63) is 136 Å². The van der Waals surface area contributed by atoms with E-state index < -0.39 is 17.6 Å². The Hall–Kier alpha value is -4.29. The van der Waals surface area contributed by atoms with Crippen LogP contribution in [-0.2, 0) is 11.3 Å². The molecule has 5 aromatic rings. The normalized spacial score (nSPS) is 11.6. The Morgan fingerprint density at radius 2 is 1.44 bits per heavy atom. The van der Waals surface area contributed by atoms with E-state index in [1.54, 1.807) is 6.08 Å². The number of fused-ring (bicyclic) bond motifs is 1. The zero-order valence-electron chi connectivity index (χ0n) is 18.9. The minimum atomic E-state index is -0.681. The van der Waals surface area contributed by atoms with E-state index in [1.807, 2.05) is 53.1 Å². The van der Waals surface area contributed by atoms with Crippen molar-refractivity contribution in [2.75, 3.05) is 0 Å². The molecule has 4 nitrogen and oxygen atoms in total. The monoisotopic (exact) mass is 500 g/mol. The molecule has 0 bridgehead atoms. The maximum Gasteiger partial charge on any atom is 0.343 e. The molecule has 0 saturated heterocycles. The summed E-state index contributed by atoms with van der Waals surface area (Å²) < 4.78 is 34.7. The van der Waals surface area contributed by atoms with Crippen molar-refractivity contribution in [2.24, 2.45) is 0 Å². The Labute approximate surface area is 211 Å². The highest BCUT2D eigenvalue weighted by atomic mass is 35.5. The topological polar surface area (TPSA) is 44.1 Å². The Bertz CT molecular complexity index is 1580. The van der Waals surface area contributed by atoms with E-state index in [-0.39, 0.29) is 11.3 Å². The first-order valence-electron chi connectivity index (χ1n) is 11.1. The molecule has 5 rings (SSSR count). The Balaban J connectivity index is 1.61. The number of carbonyl (C=O) groups is 1. The maximum absolute atomic E-state index is 13.6. The summed E-state index contributed by atoms with van der Waals surface area (Å²) in [6, 6.07) is 25.8. The third-order valence-electron chi connectivity index (χ3n) is 5.64. The molecule has 0 aliphatic carbocycles. The van der Waals surface area contributed by atoms with Gasteiger partial charge in [-0.1, -0.05) is 41.9 Å². The molecule has 178 valence electrons. The Morgan fingerprint density at radius 1 is 0.833 bits per heavy atom. The predicted octanol–water partition coefficient (Wildman–Crippen LogP) is 7.37. The second kappa shape index (κ2) is 10.1. The van der Waals surface area contributed by atoms with E-state index in [2.05, 4.69) is 0 Å². The van der Waals surface area contributed by atoms with Crippen molar-refractivity contribution in [3.63, 3.8) is 0 Å². The van der Waals surface area contributed by atoms with Crippen molar-refractivity contribution in [1.82, 2.24) is 9.55 Å². The molecule has 0 aliphatic heterocycles. The molecule has 0 unspecified atom stereocenters. The van der Waals surface area contributed by atoms with Crippen LogP contribution in [0.4, 0.5) is 8.78 Å². The molecule has 4 aromatic carbocycles. The number of esters is 1. The van der Waals surface area contributed by atoms with Crippen molar-refractivity contribution in [2.45, 2.75) is 6.54 Å². The Kier molecular flexibility index (Phi) is 6.60. The number of rotatable bonds is 6. The van der Waals surface area contributed by atoms with Gasteiger partial charge < -0.3 is 9.30 Å².